The Morgan fingerprint density at radius 1 is 1.33 bits per heavy atom. The fourth-order valence-electron chi connectivity index (χ4n) is 2.17. The monoisotopic (exact) mass is 349 g/mol. The molecule has 0 spiro atoms. The number of amides is 1. The lowest BCUT2D eigenvalue weighted by atomic mass is 10.1. The van der Waals surface area contributed by atoms with Crippen LogP contribution in [0.3, 0.4) is 0 Å². The molecule has 2 atom stereocenters. The van der Waals surface area contributed by atoms with Crippen molar-refractivity contribution >= 4 is 45.0 Å². The van der Waals surface area contributed by atoms with Gasteiger partial charge in [0, 0.05) is 10.9 Å². The Morgan fingerprint density at radius 3 is 2.72 bits per heavy atom. The van der Waals surface area contributed by atoms with Crippen molar-refractivity contribution in [3.8, 4) is 0 Å². The van der Waals surface area contributed by atoms with E-state index in [1.165, 1.54) is 0 Å². The normalized spacial score (nSPS) is 23.1. The molecule has 1 aromatic carbocycles. The maximum Gasteiger partial charge on any atom is 0.224 e. The van der Waals surface area contributed by atoms with Crippen molar-refractivity contribution < 1.29 is 4.79 Å². The molecule has 0 radical (unpaired) electrons. The van der Waals surface area contributed by atoms with Crippen molar-refractivity contribution in [2.75, 3.05) is 0 Å². The van der Waals surface area contributed by atoms with Gasteiger partial charge in [0.1, 0.15) is 0 Å². The first-order chi connectivity index (χ1) is 8.56. The zero-order valence-electron chi connectivity index (χ0n) is 9.76. The first kappa shape index (κ1) is 14.2. The molecule has 5 heteroatoms. The van der Waals surface area contributed by atoms with E-state index in [4.69, 9.17) is 23.2 Å². The van der Waals surface area contributed by atoms with E-state index in [2.05, 4.69) is 21.2 Å². The standard InChI is InChI=1S/C13H14BrCl2NO/c14-9-2-1-3-12(9)17-13(18)7-8-4-5-10(15)11(16)6-8/h4-6,9,12H,1-3,7H2,(H,17,18). The molecule has 1 fully saturated rings. The molecule has 0 aliphatic heterocycles. The third-order valence-electron chi connectivity index (χ3n) is 3.13. The van der Waals surface area contributed by atoms with E-state index in [1.807, 2.05) is 6.07 Å². The molecular formula is C13H14BrCl2NO. The molecule has 1 saturated carbocycles. The van der Waals surface area contributed by atoms with Crippen molar-refractivity contribution in [3.63, 3.8) is 0 Å². The second kappa shape index (κ2) is 6.27. The molecule has 0 saturated heterocycles. The van der Waals surface area contributed by atoms with E-state index in [1.54, 1.807) is 12.1 Å². The Kier molecular flexibility index (Phi) is 4.93. The summed E-state index contributed by atoms with van der Waals surface area (Å²) >= 11 is 15.3. The lowest BCUT2D eigenvalue weighted by Gasteiger charge is -2.16. The maximum atomic E-state index is 11.9. The van der Waals surface area contributed by atoms with Crippen LogP contribution < -0.4 is 5.32 Å². The third kappa shape index (κ3) is 3.62. The van der Waals surface area contributed by atoms with Gasteiger partial charge < -0.3 is 5.32 Å². The number of alkyl halides is 1. The summed E-state index contributed by atoms with van der Waals surface area (Å²) in [5, 5.41) is 4.05. The summed E-state index contributed by atoms with van der Waals surface area (Å²) in [7, 11) is 0. The molecule has 2 rings (SSSR count). The molecule has 1 aliphatic rings. The van der Waals surface area contributed by atoms with Gasteiger partial charge >= 0.3 is 0 Å². The molecule has 2 nitrogen and oxygen atoms in total. The first-order valence-corrected chi connectivity index (χ1v) is 7.61. The van der Waals surface area contributed by atoms with E-state index in [9.17, 15) is 4.79 Å². The van der Waals surface area contributed by atoms with Crippen LogP contribution in [-0.2, 0) is 11.2 Å². The molecule has 0 bridgehead atoms. The van der Waals surface area contributed by atoms with Gasteiger partial charge in [-0.25, -0.2) is 0 Å². The molecular weight excluding hydrogens is 337 g/mol. The van der Waals surface area contributed by atoms with Crippen LogP contribution in [0.4, 0.5) is 0 Å². The molecule has 1 amide bonds. The number of hydrogen-bond acceptors (Lipinski definition) is 1. The summed E-state index contributed by atoms with van der Waals surface area (Å²) in [5.74, 6) is 0.0322. The highest BCUT2D eigenvalue weighted by Gasteiger charge is 2.26. The van der Waals surface area contributed by atoms with E-state index >= 15 is 0 Å². The van der Waals surface area contributed by atoms with Gasteiger partial charge in [0.2, 0.25) is 5.91 Å². The van der Waals surface area contributed by atoms with Crippen LogP contribution in [0.2, 0.25) is 10.0 Å². The Labute approximate surface area is 125 Å². The molecule has 1 N–H and O–H groups in total. The molecule has 98 valence electrons. The average Bonchev–Trinajstić information content (AvgIpc) is 2.70. The van der Waals surface area contributed by atoms with E-state index < -0.39 is 0 Å². The smallest absolute Gasteiger partial charge is 0.224 e. The first-order valence-electron chi connectivity index (χ1n) is 5.93. The van der Waals surface area contributed by atoms with E-state index in [0.29, 0.717) is 21.3 Å². The SMILES string of the molecule is O=C(Cc1ccc(Cl)c(Cl)c1)NC1CCCC1Br. The predicted octanol–water partition coefficient (Wildman–Crippen LogP) is 3.97. The Balaban J connectivity index is 1.92. The third-order valence-corrected chi connectivity index (χ3v) is 4.96. The van der Waals surface area contributed by atoms with Crippen LogP contribution in [0.25, 0.3) is 0 Å². The highest BCUT2D eigenvalue weighted by molar-refractivity contribution is 9.09. The lowest BCUT2D eigenvalue weighted by Crippen LogP contribution is -2.38. The second-order valence-electron chi connectivity index (χ2n) is 4.55. The Morgan fingerprint density at radius 2 is 2.11 bits per heavy atom. The van der Waals surface area contributed by atoms with E-state index in [-0.39, 0.29) is 11.9 Å². The minimum atomic E-state index is 0.0322. The molecule has 1 aliphatic carbocycles. The Hall–Kier alpha value is -0.250. The van der Waals surface area contributed by atoms with Gasteiger partial charge in [-0.1, -0.05) is 51.6 Å². The minimum absolute atomic E-state index is 0.0322. The summed E-state index contributed by atoms with van der Waals surface area (Å²) in [4.78, 5) is 12.3. The molecule has 18 heavy (non-hydrogen) atoms. The predicted molar refractivity (Wildman–Crippen MR) is 78.7 cm³/mol. The summed E-state index contributed by atoms with van der Waals surface area (Å²) in [6.07, 6.45) is 3.67. The van der Waals surface area contributed by atoms with Crippen molar-refractivity contribution in [1.82, 2.24) is 5.32 Å². The number of carbonyl (C=O) groups is 1. The summed E-state index contributed by atoms with van der Waals surface area (Å²) in [6, 6.07) is 5.54. The highest BCUT2D eigenvalue weighted by atomic mass is 79.9. The van der Waals surface area contributed by atoms with Crippen LogP contribution in [0.5, 0.6) is 0 Å². The minimum Gasteiger partial charge on any atom is -0.352 e. The fraction of sp³-hybridized carbons (Fsp3) is 0.462. The highest BCUT2D eigenvalue weighted by Crippen LogP contribution is 2.26. The van der Waals surface area contributed by atoms with Gasteiger partial charge in [0.05, 0.1) is 16.5 Å². The molecule has 2 unspecified atom stereocenters. The van der Waals surface area contributed by atoms with Crippen LogP contribution in [0.15, 0.2) is 18.2 Å². The van der Waals surface area contributed by atoms with Gasteiger partial charge in [-0.3, -0.25) is 4.79 Å². The summed E-state index contributed by atoms with van der Waals surface area (Å²) < 4.78 is 0. The zero-order valence-corrected chi connectivity index (χ0v) is 12.9. The van der Waals surface area contributed by atoms with Crippen LogP contribution in [-0.4, -0.2) is 16.8 Å². The largest absolute Gasteiger partial charge is 0.352 e. The van der Waals surface area contributed by atoms with Gasteiger partial charge in [0.15, 0.2) is 0 Å². The van der Waals surface area contributed by atoms with Crippen LogP contribution in [0, 0.1) is 0 Å². The number of halogens is 3. The fourth-order valence-corrected chi connectivity index (χ4v) is 3.21. The van der Waals surface area contributed by atoms with E-state index in [0.717, 1.165) is 24.8 Å². The Bertz CT molecular complexity index is 453. The summed E-state index contributed by atoms with van der Waals surface area (Å²) in [5.41, 5.74) is 0.881. The van der Waals surface area contributed by atoms with Crippen molar-refractivity contribution in [1.29, 1.82) is 0 Å². The number of benzene rings is 1. The topological polar surface area (TPSA) is 29.1 Å². The van der Waals surface area contributed by atoms with Gasteiger partial charge in [-0.15, -0.1) is 0 Å². The van der Waals surface area contributed by atoms with Crippen molar-refractivity contribution in [2.24, 2.45) is 0 Å². The maximum absolute atomic E-state index is 11.9. The van der Waals surface area contributed by atoms with Crippen molar-refractivity contribution in [3.05, 3.63) is 33.8 Å². The molecule has 0 heterocycles. The van der Waals surface area contributed by atoms with Gasteiger partial charge in [0.25, 0.3) is 0 Å². The van der Waals surface area contributed by atoms with Crippen LogP contribution in [0.1, 0.15) is 24.8 Å². The van der Waals surface area contributed by atoms with Gasteiger partial charge in [-0.05, 0) is 30.5 Å². The average molecular weight is 351 g/mol. The number of carbonyl (C=O) groups excluding carboxylic acids is 1. The molecule has 0 aromatic heterocycles. The second-order valence-corrected chi connectivity index (χ2v) is 6.54. The number of hydrogen-bond donors (Lipinski definition) is 1. The van der Waals surface area contributed by atoms with Crippen molar-refractivity contribution in [2.45, 2.75) is 36.6 Å². The molecule has 1 aromatic rings. The zero-order chi connectivity index (χ0) is 13.1. The summed E-state index contributed by atoms with van der Waals surface area (Å²) in [6.45, 7) is 0. The van der Waals surface area contributed by atoms with Gasteiger partial charge in [-0.2, -0.15) is 0 Å². The number of nitrogens with one attached hydrogen (secondary N) is 1. The lowest BCUT2D eigenvalue weighted by molar-refractivity contribution is -0.121. The quantitative estimate of drug-likeness (QED) is 0.821. The number of rotatable bonds is 3. The van der Waals surface area contributed by atoms with Crippen LogP contribution >= 0.6 is 39.1 Å².